The van der Waals surface area contributed by atoms with E-state index < -0.39 is 28.9 Å². The van der Waals surface area contributed by atoms with Crippen LogP contribution >= 0.6 is 17.0 Å². The summed E-state index contributed by atoms with van der Waals surface area (Å²) >= 11 is -0.826. The number of halogens is 2. The van der Waals surface area contributed by atoms with Gasteiger partial charge < -0.3 is 24.3 Å². The fraction of sp³-hybridized carbons (Fsp3) is 0.302. The number of methoxy groups -OCH3 is 1. The van der Waals surface area contributed by atoms with E-state index in [1.807, 2.05) is 0 Å². The molecule has 0 spiro atoms. The summed E-state index contributed by atoms with van der Waals surface area (Å²) in [6.07, 6.45) is 3.51. The summed E-state index contributed by atoms with van der Waals surface area (Å²) in [5.41, 5.74) is 16.9. The van der Waals surface area contributed by atoms with E-state index in [1.54, 1.807) is 17.9 Å². The van der Waals surface area contributed by atoms with Crippen molar-refractivity contribution < 1.29 is 30.3 Å². The second-order valence-electron chi connectivity index (χ2n) is 14.3. The first kappa shape index (κ1) is 41.4. The summed E-state index contributed by atoms with van der Waals surface area (Å²) in [6, 6.07) is 31.8. The van der Waals surface area contributed by atoms with Gasteiger partial charge in [-0.25, -0.2) is 0 Å². The molecule has 6 rings (SSSR count). The zero-order valence-corrected chi connectivity index (χ0v) is 35.9. The van der Waals surface area contributed by atoms with Gasteiger partial charge in [-0.2, -0.15) is 0 Å². The average Bonchev–Trinajstić information content (AvgIpc) is 3.57. The number of benzene rings is 4. The van der Waals surface area contributed by atoms with E-state index >= 15 is 0 Å². The summed E-state index contributed by atoms with van der Waals surface area (Å²) < 4.78 is 11.4. The van der Waals surface area contributed by atoms with E-state index in [4.69, 9.17) is 26.5 Å². The van der Waals surface area contributed by atoms with E-state index in [-0.39, 0.29) is 20.5 Å². The third kappa shape index (κ3) is 9.07. The Morgan fingerprint density at radius 2 is 1.27 bits per heavy atom. The Balaban J connectivity index is 0.00000126. The topological polar surface area (TPSA) is 18.5 Å². The molecule has 0 fully saturated rings. The molecule has 1 unspecified atom stereocenters. The summed E-state index contributed by atoms with van der Waals surface area (Å²) in [6.45, 7) is 17.5. The summed E-state index contributed by atoms with van der Waals surface area (Å²) in [5, 5.41) is 1.64. The Labute approximate surface area is 316 Å². The second kappa shape index (κ2) is 17.5. The zero-order valence-electron chi connectivity index (χ0n) is 30.9. The van der Waals surface area contributed by atoms with E-state index in [0.29, 0.717) is 18.8 Å². The molecule has 0 bridgehead atoms. The van der Waals surface area contributed by atoms with Gasteiger partial charge in [-0.1, -0.05) is 120 Å². The van der Waals surface area contributed by atoms with E-state index in [0.717, 1.165) is 6.42 Å². The van der Waals surface area contributed by atoms with Crippen LogP contribution in [0.15, 0.2) is 96.1 Å². The van der Waals surface area contributed by atoms with Crippen LogP contribution in [-0.4, -0.2) is 20.8 Å². The Hall–Kier alpha value is -2.04. The molecule has 49 heavy (non-hydrogen) atoms. The van der Waals surface area contributed by atoms with Crippen molar-refractivity contribution in [3.05, 3.63) is 144 Å². The molecule has 2 nitrogen and oxygen atoms in total. The van der Waals surface area contributed by atoms with Crippen molar-refractivity contribution in [3.8, 4) is 22.3 Å². The SMILES string of the molecule is COCc1ccc(-c2cccc3c2CC(C)=C3[Si](C)(C)C2C(C)=Cc3c(-c4ccc(COC(C)(C)C)cc4)cccc32)cc1.[CH3-].[CH3-].[Cl][Zr+2][Cl]. The molecule has 2 aliphatic carbocycles. The fourth-order valence-corrected chi connectivity index (χ4v) is 12.4. The molecule has 0 saturated carbocycles. The van der Waals surface area contributed by atoms with Gasteiger partial charge in [0.15, 0.2) is 0 Å². The maximum absolute atomic E-state index is 6.02. The van der Waals surface area contributed by atoms with Gasteiger partial charge in [0.25, 0.3) is 0 Å². The third-order valence-electron chi connectivity index (χ3n) is 9.47. The maximum atomic E-state index is 6.02. The van der Waals surface area contributed by atoms with Gasteiger partial charge in [0.2, 0.25) is 0 Å². The van der Waals surface area contributed by atoms with Gasteiger partial charge in [0, 0.05) is 12.7 Å². The van der Waals surface area contributed by atoms with Crippen LogP contribution in [0.3, 0.4) is 0 Å². The van der Waals surface area contributed by atoms with Crippen molar-refractivity contribution in [1.29, 1.82) is 0 Å². The molecule has 0 aliphatic heterocycles. The van der Waals surface area contributed by atoms with Crippen molar-refractivity contribution in [3.63, 3.8) is 0 Å². The quantitative estimate of drug-likeness (QED) is 0.131. The molecule has 4 aromatic rings. The Morgan fingerprint density at radius 3 is 1.84 bits per heavy atom. The monoisotopic (exact) mass is 788 g/mol. The predicted molar refractivity (Wildman–Crippen MR) is 214 cm³/mol. The Morgan fingerprint density at radius 1 is 0.755 bits per heavy atom. The molecular formula is C43H52Cl2O2SiZr. The predicted octanol–water partition coefficient (Wildman–Crippen LogP) is 13.1. The minimum absolute atomic E-state index is 0. The second-order valence-corrected chi connectivity index (χ2v) is 22.6. The summed E-state index contributed by atoms with van der Waals surface area (Å²) in [5.74, 6) is 0. The molecule has 0 N–H and O–H groups in total. The van der Waals surface area contributed by atoms with Crippen LogP contribution in [0.2, 0.25) is 13.1 Å². The third-order valence-corrected chi connectivity index (χ3v) is 13.7. The van der Waals surface area contributed by atoms with Crippen LogP contribution in [0, 0.1) is 14.9 Å². The van der Waals surface area contributed by atoms with Gasteiger partial charge in [0.1, 0.15) is 0 Å². The van der Waals surface area contributed by atoms with Crippen molar-refractivity contribution >= 4 is 36.4 Å². The number of hydrogen-bond acceptors (Lipinski definition) is 2. The van der Waals surface area contributed by atoms with Crippen LogP contribution in [0.5, 0.6) is 0 Å². The molecule has 0 amide bonds. The first-order chi connectivity index (χ1) is 22.4. The first-order valence-electron chi connectivity index (χ1n) is 16.3. The Kier molecular flexibility index (Phi) is 14.7. The molecule has 0 aromatic heterocycles. The van der Waals surface area contributed by atoms with Gasteiger partial charge in [-0.15, -0.1) is 0 Å². The average molecular weight is 791 g/mol. The van der Waals surface area contributed by atoms with Crippen molar-refractivity contribution in [2.24, 2.45) is 0 Å². The normalized spacial score (nSPS) is 14.8. The Bertz CT molecular complexity index is 1780. The van der Waals surface area contributed by atoms with Crippen molar-refractivity contribution in [2.75, 3.05) is 7.11 Å². The van der Waals surface area contributed by atoms with Crippen LogP contribution < -0.4 is 0 Å². The number of hydrogen-bond donors (Lipinski definition) is 0. The molecule has 258 valence electrons. The molecule has 0 radical (unpaired) electrons. The van der Waals surface area contributed by atoms with Gasteiger partial charge in [-0.3, -0.25) is 0 Å². The van der Waals surface area contributed by atoms with E-state index in [2.05, 4.69) is 139 Å². The molecule has 6 heteroatoms. The van der Waals surface area contributed by atoms with Crippen molar-refractivity contribution in [2.45, 2.75) is 78.5 Å². The standard InChI is InChI=1S/C41H46O2Si.2CH3.2ClH.Zr/c1-27-23-37-33(31-19-15-29(16-20-31)25-42-6)11-9-13-35(37)39(27)44(7,8)40-28(2)24-38-34(12-10-14-36(38)40)32-21-17-30(18-22-32)26-43-41(3,4)5;;;;;/h9-22,24,40H,23,25-26H2,1-8H3;2*1H3;2*1H;/q;2*-1;;;+4/p-2. The number of rotatable bonds is 8. The number of allylic oxidation sites excluding steroid dienone is 2. The van der Waals surface area contributed by atoms with Gasteiger partial charge in [0.05, 0.1) is 26.9 Å². The van der Waals surface area contributed by atoms with Crippen LogP contribution in [0.4, 0.5) is 0 Å². The molecule has 0 saturated heterocycles. The fourth-order valence-electron chi connectivity index (χ4n) is 7.70. The van der Waals surface area contributed by atoms with Crippen LogP contribution in [0.1, 0.15) is 73.5 Å². The van der Waals surface area contributed by atoms with E-state index in [9.17, 15) is 0 Å². The van der Waals surface area contributed by atoms with Gasteiger partial charge in [-0.05, 0) is 96.7 Å². The van der Waals surface area contributed by atoms with Crippen LogP contribution in [-0.2, 0) is 50.0 Å². The van der Waals surface area contributed by atoms with E-state index in [1.165, 1.54) is 61.2 Å². The number of ether oxygens (including phenoxy) is 2. The molecular weight excluding hydrogens is 739 g/mol. The molecule has 2 aliphatic rings. The van der Waals surface area contributed by atoms with Crippen molar-refractivity contribution in [1.82, 2.24) is 0 Å². The first-order valence-corrected chi connectivity index (χ1v) is 25.7. The summed E-state index contributed by atoms with van der Waals surface area (Å²) in [7, 11) is 9.63. The van der Waals surface area contributed by atoms with Gasteiger partial charge >= 0.3 is 37.9 Å². The molecule has 1 atom stereocenters. The molecule has 0 heterocycles. The number of fused-ring (bicyclic) bond motifs is 2. The van der Waals surface area contributed by atoms with Crippen LogP contribution in [0.25, 0.3) is 33.5 Å². The molecule has 4 aromatic carbocycles. The zero-order chi connectivity index (χ0) is 33.9. The minimum atomic E-state index is -1.99. The summed E-state index contributed by atoms with van der Waals surface area (Å²) in [4.78, 5) is 0.